The number of benzene rings is 2. The molecule has 2 aromatic carbocycles. The van der Waals surface area contributed by atoms with Gasteiger partial charge in [0.2, 0.25) is 10.0 Å². The molecule has 0 saturated heterocycles. The molecule has 1 aromatic heterocycles. The second-order valence-corrected chi connectivity index (χ2v) is 11.8. The molecule has 1 aliphatic heterocycles. The van der Waals surface area contributed by atoms with E-state index in [9.17, 15) is 8.42 Å². The molecule has 2 heterocycles. The average Bonchev–Trinajstić information content (AvgIpc) is 3.33. The van der Waals surface area contributed by atoms with E-state index in [2.05, 4.69) is 57.3 Å². The number of aromatic nitrogens is 2. The van der Waals surface area contributed by atoms with Gasteiger partial charge in [0, 0.05) is 31.0 Å². The lowest BCUT2D eigenvalue weighted by molar-refractivity contribution is 0.355. The number of nitrogens with zero attached hydrogens (tertiary/aromatic N) is 3. The highest BCUT2D eigenvalue weighted by atomic mass is 32.2. The SMILES string of the molecule is O=S(=O)(C1CCCCC1)N1Cc2ccccc2N(Cc2cnc[nH]2)C(CCc2ccccc2)C1. The average molecular weight is 479 g/mol. The molecule has 1 unspecified atom stereocenters. The van der Waals surface area contributed by atoms with Gasteiger partial charge in [-0.05, 0) is 42.9 Å². The van der Waals surface area contributed by atoms with Crippen molar-refractivity contribution in [2.75, 3.05) is 11.4 Å². The fourth-order valence-corrected chi connectivity index (χ4v) is 7.52. The van der Waals surface area contributed by atoms with Crippen LogP contribution in [-0.2, 0) is 29.5 Å². The summed E-state index contributed by atoms with van der Waals surface area (Å²) in [5.74, 6) is 0. The number of H-pyrrole nitrogens is 1. The van der Waals surface area contributed by atoms with Crippen LogP contribution in [0.5, 0.6) is 0 Å². The maximum atomic E-state index is 13.8. The summed E-state index contributed by atoms with van der Waals surface area (Å²) in [4.78, 5) is 9.84. The van der Waals surface area contributed by atoms with Crippen LogP contribution in [0.3, 0.4) is 0 Å². The predicted molar refractivity (Wildman–Crippen MR) is 136 cm³/mol. The molecule has 1 atom stereocenters. The summed E-state index contributed by atoms with van der Waals surface area (Å²) in [5, 5.41) is -0.248. The molecule has 3 aromatic rings. The van der Waals surface area contributed by atoms with Gasteiger partial charge < -0.3 is 9.88 Å². The van der Waals surface area contributed by atoms with Crippen molar-refractivity contribution in [3.05, 3.63) is 83.9 Å². The van der Waals surface area contributed by atoms with Gasteiger partial charge >= 0.3 is 0 Å². The molecular formula is C27H34N4O2S. The molecule has 7 heteroatoms. The monoisotopic (exact) mass is 478 g/mol. The van der Waals surface area contributed by atoms with Crippen LogP contribution < -0.4 is 4.90 Å². The normalized spacial score (nSPS) is 20.1. The third-order valence-electron chi connectivity index (χ3n) is 7.34. The first-order chi connectivity index (χ1) is 16.6. The molecule has 0 bridgehead atoms. The number of fused-ring (bicyclic) bond motifs is 1. The molecule has 1 saturated carbocycles. The first-order valence-corrected chi connectivity index (χ1v) is 14.0. The zero-order chi connectivity index (χ0) is 23.4. The van der Waals surface area contributed by atoms with E-state index in [4.69, 9.17) is 0 Å². The molecule has 180 valence electrons. The largest absolute Gasteiger partial charge is 0.361 e. The van der Waals surface area contributed by atoms with E-state index in [0.717, 1.165) is 61.9 Å². The lowest BCUT2D eigenvalue weighted by Gasteiger charge is -2.35. The first kappa shape index (κ1) is 23.1. The van der Waals surface area contributed by atoms with Crippen molar-refractivity contribution in [2.45, 2.75) is 69.3 Å². The van der Waals surface area contributed by atoms with Crippen LogP contribution in [0.15, 0.2) is 67.1 Å². The molecule has 0 amide bonds. The number of rotatable bonds is 7. The first-order valence-electron chi connectivity index (χ1n) is 12.5. The van der Waals surface area contributed by atoms with Crippen molar-refractivity contribution in [1.82, 2.24) is 14.3 Å². The van der Waals surface area contributed by atoms with Crippen LogP contribution in [0, 0.1) is 0 Å². The summed E-state index contributed by atoms with van der Waals surface area (Å²) in [6, 6.07) is 18.8. The molecule has 34 heavy (non-hydrogen) atoms. The summed E-state index contributed by atoms with van der Waals surface area (Å²) in [6.07, 6.45) is 10.1. The highest BCUT2D eigenvalue weighted by Crippen LogP contribution is 2.34. The molecule has 5 rings (SSSR count). The summed E-state index contributed by atoms with van der Waals surface area (Å²) in [5.41, 5.74) is 4.51. The van der Waals surface area contributed by atoms with Crippen molar-refractivity contribution in [3.63, 3.8) is 0 Å². The van der Waals surface area contributed by atoms with Gasteiger partial charge in [-0.15, -0.1) is 0 Å². The Morgan fingerprint density at radius 3 is 2.50 bits per heavy atom. The van der Waals surface area contributed by atoms with E-state index in [1.165, 1.54) is 5.56 Å². The Kier molecular flexibility index (Phi) is 7.02. The molecule has 0 radical (unpaired) electrons. The minimum absolute atomic E-state index is 0.0607. The quantitative estimate of drug-likeness (QED) is 0.525. The van der Waals surface area contributed by atoms with Gasteiger partial charge in [-0.1, -0.05) is 67.8 Å². The number of hydrogen-bond acceptors (Lipinski definition) is 4. The third kappa shape index (κ3) is 5.05. The van der Waals surface area contributed by atoms with E-state index in [0.29, 0.717) is 19.6 Å². The Bertz CT molecular complexity index is 1160. The molecule has 1 fully saturated rings. The highest BCUT2D eigenvalue weighted by Gasteiger charge is 2.38. The van der Waals surface area contributed by atoms with Crippen LogP contribution in [0.25, 0.3) is 0 Å². The van der Waals surface area contributed by atoms with Gasteiger partial charge in [0.05, 0.1) is 23.8 Å². The Morgan fingerprint density at radius 2 is 1.74 bits per heavy atom. The summed E-state index contributed by atoms with van der Waals surface area (Å²) in [6.45, 7) is 1.62. The zero-order valence-electron chi connectivity index (χ0n) is 19.6. The number of sulfonamides is 1. The van der Waals surface area contributed by atoms with Crippen LogP contribution in [0.1, 0.15) is 55.3 Å². The highest BCUT2D eigenvalue weighted by molar-refractivity contribution is 7.89. The molecular weight excluding hydrogens is 444 g/mol. The third-order valence-corrected chi connectivity index (χ3v) is 9.65. The molecule has 1 N–H and O–H groups in total. The van der Waals surface area contributed by atoms with Gasteiger partial charge in [0.1, 0.15) is 0 Å². The fraction of sp³-hybridized carbons (Fsp3) is 0.444. The van der Waals surface area contributed by atoms with Gasteiger partial charge in [-0.2, -0.15) is 4.31 Å². The number of hydrogen-bond donors (Lipinski definition) is 1. The number of imidazole rings is 1. The Labute approximate surface area is 203 Å². The maximum absolute atomic E-state index is 13.8. The summed E-state index contributed by atoms with van der Waals surface area (Å²) < 4.78 is 29.5. The van der Waals surface area contributed by atoms with Crippen molar-refractivity contribution in [1.29, 1.82) is 0 Å². The fourth-order valence-electron chi connectivity index (χ4n) is 5.47. The van der Waals surface area contributed by atoms with E-state index < -0.39 is 10.0 Å². The van der Waals surface area contributed by atoms with E-state index >= 15 is 0 Å². The van der Waals surface area contributed by atoms with Crippen LogP contribution in [-0.4, -0.2) is 40.5 Å². The van der Waals surface area contributed by atoms with E-state index in [-0.39, 0.29) is 11.3 Å². The minimum atomic E-state index is -3.37. The second-order valence-electron chi connectivity index (χ2n) is 9.61. The van der Waals surface area contributed by atoms with Crippen LogP contribution >= 0.6 is 0 Å². The topological polar surface area (TPSA) is 69.3 Å². The van der Waals surface area contributed by atoms with Crippen molar-refractivity contribution >= 4 is 15.7 Å². The summed E-state index contributed by atoms with van der Waals surface area (Å²) >= 11 is 0. The van der Waals surface area contributed by atoms with Gasteiger partial charge in [0.15, 0.2) is 0 Å². The number of aromatic amines is 1. The summed E-state index contributed by atoms with van der Waals surface area (Å²) in [7, 11) is -3.37. The standard InChI is InChI=1S/C27H34N4O2S/c32-34(33,26-12-5-2-6-13-26)30-18-23-11-7-8-14-27(23)31(19-24-17-28-21-29-24)25(20-30)16-15-22-9-3-1-4-10-22/h1,3-4,7-11,14,17,21,25-26H,2,5-6,12-13,15-16,18-20H2,(H,28,29). The van der Waals surface area contributed by atoms with Gasteiger partial charge in [0.25, 0.3) is 0 Å². The van der Waals surface area contributed by atoms with Crippen molar-refractivity contribution in [2.24, 2.45) is 0 Å². The second kappa shape index (κ2) is 10.3. The van der Waals surface area contributed by atoms with Gasteiger partial charge in [-0.25, -0.2) is 13.4 Å². The molecule has 6 nitrogen and oxygen atoms in total. The van der Waals surface area contributed by atoms with Crippen molar-refractivity contribution in [3.8, 4) is 0 Å². The van der Waals surface area contributed by atoms with Crippen LogP contribution in [0.2, 0.25) is 0 Å². The minimum Gasteiger partial charge on any atom is -0.361 e. The number of nitrogens with one attached hydrogen (secondary N) is 1. The molecule has 2 aliphatic rings. The number of para-hydroxylation sites is 1. The molecule has 1 aliphatic carbocycles. The maximum Gasteiger partial charge on any atom is 0.217 e. The number of anilines is 1. The Morgan fingerprint density at radius 1 is 0.971 bits per heavy atom. The Balaban J connectivity index is 1.49. The van der Waals surface area contributed by atoms with Crippen LogP contribution in [0.4, 0.5) is 5.69 Å². The smallest absolute Gasteiger partial charge is 0.217 e. The van der Waals surface area contributed by atoms with E-state index in [1.54, 1.807) is 10.6 Å². The van der Waals surface area contributed by atoms with E-state index in [1.807, 2.05) is 18.3 Å². The number of aryl methyl sites for hydroxylation is 1. The predicted octanol–water partition coefficient (Wildman–Crippen LogP) is 4.90. The van der Waals surface area contributed by atoms with Gasteiger partial charge in [-0.3, -0.25) is 0 Å². The lowest BCUT2D eigenvalue weighted by atomic mass is 10.0. The molecule has 0 spiro atoms. The Hall–Kier alpha value is -2.64. The zero-order valence-corrected chi connectivity index (χ0v) is 20.5. The van der Waals surface area contributed by atoms with Crippen molar-refractivity contribution < 1.29 is 8.42 Å². The lowest BCUT2D eigenvalue weighted by Crippen LogP contribution is -2.46.